The summed E-state index contributed by atoms with van der Waals surface area (Å²) in [6.07, 6.45) is -1.69. The van der Waals surface area contributed by atoms with Crippen molar-refractivity contribution in [1.29, 1.82) is 0 Å². The molecule has 0 saturated carbocycles. The van der Waals surface area contributed by atoms with E-state index in [0.29, 0.717) is 6.20 Å². The van der Waals surface area contributed by atoms with Crippen LogP contribution in [0.15, 0.2) is 47.8 Å². The molecule has 12 nitrogen and oxygen atoms in total. The van der Waals surface area contributed by atoms with Crippen LogP contribution in [0.4, 0.5) is 24.7 Å². The molecule has 0 aliphatic heterocycles. The highest BCUT2D eigenvalue weighted by molar-refractivity contribution is 7.90. The van der Waals surface area contributed by atoms with Gasteiger partial charge in [0.05, 0.1) is 35.7 Å². The first kappa shape index (κ1) is 29.2. The maximum Gasteiger partial charge on any atom is 0.417 e. The van der Waals surface area contributed by atoms with E-state index >= 15 is 0 Å². The highest BCUT2D eigenvalue weighted by Crippen LogP contribution is 2.33. The van der Waals surface area contributed by atoms with Gasteiger partial charge >= 0.3 is 6.18 Å². The van der Waals surface area contributed by atoms with Gasteiger partial charge in [-0.3, -0.25) is 30.4 Å². The molecule has 0 fully saturated rings. The van der Waals surface area contributed by atoms with E-state index in [1.807, 2.05) is 5.43 Å². The SMILES string of the molecule is COCCOc1cc(Nc2cc(CC(=O)NNC=O)ncc2-c2ccc(C(F)(F)F)cn2)nc(S(C)(=O)=O)c1. The molecule has 3 aromatic heterocycles. The molecule has 0 atom stereocenters. The number of hydrogen-bond acceptors (Lipinski definition) is 10. The van der Waals surface area contributed by atoms with Gasteiger partial charge in [-0.1, -0.05) is 0 Å². The number of methoxy groups -OCH3 is 1. The molecular formula is C23H23F3N6O6S. The van der Waals surface area contributed by atoms with Crippen LogP contribution in [0.2, 0.25) is 0 Å². The molecule has 39 heavy (non-hydrogen) atoms. The van der Waals surface area contributed by atoms with Crippen LogP contribution in [-0.2, 0) is 36.8 Å². The summed E-state index contributed by atoms with van der Waals surface area (Å²) in [5, 5.41) is 2.62. The minimum atomic E-state index is -4.59. The fraction of sp³-hybridized carbons (Fsp3) is 0.261. The Kier molecular flexibility index (Phi) is 9.37. The number of hydrazine groups is 1. The molecule has 3 heterocycles. The molecule has 2 amide bonds. The molecule has 0 saturated heterocycles. The van der Waals surface area contributed by atoms with Crippen LogP contribution in [0.5, 0.6) is 5.75 Å². The Morgan fingerprint density at radius 2 is 1.87 bits per heavy atom. The number of hydrogen-bond donors (Lipinski definition) is 3. The average Bonchev–Trinajstić information content (AvgIpc) is 2.87. The number of ether oxygens (including phenoxy) is 2. The largest absolute Gasteiger partial charge is 0.491 e. The first-order chi connectivity index (χ1) is 18.4. The highest BCUT2D eigenvalue weighted by atomic mass is 32.2. The first-order valence-corrected chi connectivity index (χ1v) is 12.9. The van der Waals surface area contributed by atoms with Crippen molar-refractivity contribution in [2.24, 2.45) is 0 Å². The monoisotopic (exact) mass is 568 g/mol. The molecule has 3 aromatic rings. The van der Waals surface area contributed by atoms with E-state index in [9.17, 15) is 31.2 Å². The van der Waals surface area contributed by atoms with E-state index in [4.69, 9.17) is 9.47 Å². The quantitative estimate of drug-likeness (QED) is 0.168. The van der Waals surface area contributed by atoms with Gasteiger partial charge in [-0.25, -0.2) is 13.4 Å². The van der Waals surface area contributed by atoms with Crippen molar-refractivity contribution in [3.8, 4) is 17.0 Å². The lowest BCUT2D eigenvalue weighted by atomic mass is 10.1. The number of nitrogens with one attached hydrogen (secondary N) is 3. The third kappa shape index (κ3) is 8.34. The van der Waals surface area contributed by atoms with Gasteiger partial charge in [0.25, 0.3) is 0 Å². The standard InChI is InChI=1S/C23H23F3N6O6S/c1-37-5-6-38-16-9-20(31-22(10-16)39(2,35)36)30-19-7-15(8-21(34)32-29-13-33)27-12-17(19)18-4-3-14(11-28-18)23(24,25)26/h3-4,7,9-13H,5-6,8H2,1-2H3,(H,29,33)(H,32,34)(H,27,30,31). The number of carbonyl (C=O) groups excluding carboxylic acids is 2. The number of alkyl halides is 3. The lowest BCUT2D eigenvalue weighted by Crippen LogP contribution is -2.37. The molecule has 0 aliphatic rings. The smallest absolute Gasteiger partial charge is 0.417 e. The Balaban J connectivity index is 2.06. The van der Waals surface area contributed by atoms with Crippen molar-refractivity contribution < 1.29 is 40.7 Å². The van der Waals surface area contributed by atoms with Crippen LogP contribution >= 0.6 is 0 Å². The number of nitrogens with zero attached hydrogens (tertiary/aromatic N) is 3. The molecule has 208 valence electrons. The molecule has 0 radical (unpaired) electrons. The second kappa shape index (κ2) is 12.5. The topological polar surface area (TPSA) is 162 Å². The summed E-state index contributed by atoms with van der Waals surface area (Å²) >= 11 is 0. The summed E-state index contributed by atoms with van der Waals surface area (Å²) < 4.78 is 74.0. The number of carbonyl (C=O) groups is 2. The Morgan fingerprint density at radius 1 is 1.10 bits per heavy atom. The summed E-state index contributed by atoms with van der Waals surface area (Å²) in [5.41, 5.74) is 3.92. The summed E-state index contributed by atoms with van der Waals surface area (Å²) in [6, 6.07) is 6.05. The Labute approximate surface area is 220 Å². The molecule has 0 bridgehead atoms. The molecule has 0 unspecified atom stereocenters. The summed E-state index contributed by atoms with van der Waals surface area (Å²) in [7, 11) is -2.30. The number of anilines is 2. The van der Waals surface area contributed by atoms with Crippen LogP contribution in [0.25, 0.3) is 11.3 Å². The molecule has 16 heteroatoms. The molecule has 3 N–H and O–H groups in total. The molecule has 3 rings (SSSR count). The van der Waals surface area contributed by atoms with Crippen molar-refractivity contribution >= 4 is 33.7 Å². The van der Waals surface area contributed by atoms with Gasteiger partial charge in [0, 0.05) is 43.5 Å². The van der Waals surface area contributed by atoms with E-state index in [2.05, 4.69) is 25.7 Å². The summed E-state index contributed by atoms with van der Waals surface area (Å²) in [4.78, 5) is 34.6. The second-order valence-corrected chi connectivity index (χ2v) is 9.87. The van der Waals surface area contributed by atoms with Gasteiger partial charge in [-0.2, -0.15) is 13.2 Å². The third-order valence-electron chi connectivity index (χ3n) is 4.91. The Morgan fingerprint density at radius 3 is 2.49 bits per heavy atom. The van der Waals surface area contributed by atoms with E-state index in [1.165, 1.54) is 31.5 Å². The minimum Gasteiger partial charge on any atom is -0.491 e. The van der Waals surface area contributed by atoms with Crippen molar-refractivity contribution in [3.63, 3.8) is 0 Å². The van der Waals surface area contributed by atoms with Crippen molar-refractivity contribution in [3.05, 3.63) is 54.0 Å². The molecule has 0 spiro atoms. The van der Waals surface area contributed by atoms with Gasteiger partial charge in [-0.15, -0.1) is 0 Å². The summed E-state index contributed by atoms with van der Waals surface area (Å²) in [5.74, 6) is -0.428. The Hall–Kier alpha value is -4.31. The number of rotatable bonds is 12. The van der Waals surface area contributed by atoms with E-state index in [1.54, 1.807) is 0 Å². The number of halogens is 3. The van der Waals surface area contributed by atoms with Crippen LogP contribution in [0.3, 0.4) is 0 Å². The molecular weight excluding hydrogens is 545 g/mol. The van der Waals surface area contributed by atoms with Crippen LogP contribution in [0.1, 0.15) is 11.3 Å². The van der Waals surface area contributed by atoms with Crippen molar-refractivity contribution in [2.45, 2.75) is 17.6 Å². The predicted octanol–water partition coefficient (Wildman–Crippen LogP) is 2.05. The third-order valence-corrected chi connectivity index (χ3v) is 5.88. The van der Waals surface area contributed by atoms with Crippen LogP contribution in [-0.4, -0.2) is 62.3 Å². The molecule has 0 aromatic carbocycles. The average molecular weight is 569 g/mol. The zero-order chi connectivity index (χ0) is 28.6. The van der Waals surface area contributed by atoms with E-state index in [0.717, 1.165) is 18.4 Å². The Bertz CT molecular complexity index is 1440. The molecule has 0 aliphatic carbocycles. The van der Waals surface area contributed by atoms with Crippen LogP contribution < -0.4 is 20.9 Å². The maximum absolute atomic E-state index is 13.0. The van der Waals surface area contributed by atoms with Gasteiger partial charge < -0.3 is 14.8 Å². The van der Waals surface area contributed by atoms with Gasteiger partial charge in [-0.05, 0) is 18.2 Å². The van der Waals surface area contributed by atoms with Gasteiger partial charge in [0.15, 0.2) is 14.9 Å². The first-order valence-electron chi connectivity index (χ1n) is 11.0. The zero-order valence-corrected chi connectivity index (χ0v) is 21.4. The van der Waals surface area contributed by atoms with Crippen molar-refractivity contribution in [1.82, 2.24) is 25.8 Å². The fourth-order valence-electron chi connectivity index (χ4n) is 3.14. The minimum absolute atomic E-state index is 0.0164. The lowest BCUT2D eigenvalue weighted by Gasteiger charge is -2.15. The number of pyridine rings is 3. The number of amides is 2. The zero-order valence-electron chi connectivity index (χ0n) is 20.6. The van der Waals surface area contributed by atoms with Gasteiger partial charge in [0.2, 0.25) is 12.3 Å². The summed E-state index contributed by atoms with van der Waals surface area (Å²) in [6.45, 7) is 0.352. The van der Waals surface area contributed by atoms with Gasteiger partial charge in [0.1, 0.15) is 18.2 Å². The number of aromatic nitrogens is 3. The predicted molar refractivity (Wildman–Crippen MR) is 132 cm³/mol. The maximum atomic E-state index is 13.0. The normalized spacial score (nSPS) is 11.5. The van der Waals surface area contributed by atoms with E-state index in [-0.39, 0.29) is 65.3 Å². The second-order valence-electron chi connectivity index (χ2n) is 7.90. The fourth-order valence-corrected chi connectivity index (χ4v) is 3.74. The van der Waals surface area contributed by atoms with Crippen molar-refractivity contribution in [2.75, 3.05) is 31.9 Å². The van der Waals surface area contributed by atoms with E-state index < -0.39 is 27.5 Å². The van der Waals surface area contributed by atoms with Crippen LogP contribution in [0, 0.1) is 0 Å². The number of sulfone groups is 1. The lowest BCUT2D eigenvalue weighted by molar-refractivity contribution is -0.137. The highest BCUT2D eigenvalue weighted by Gasteiger charge is 2.30.